The van der Waals surface area contributed by atoms with Crippen LogP contribution in [0.5, 0.6) is 11.5 Å². The molecule has 5 rings (SSSR count). The van der Waals surface area contributed by atoms with E-state index in [0.29, 0.717) is 19.8 Å². The Morgan fingerprint density at radius 3 is 2.69 bits per heavy atom. The number of amides is 1. The molecule has 1 aromatic heterocycles. The van der Waals surface area contributed by atoms with E-state index in [-0.39, 0.29) is 23.7 Å². The molecule has 2 aliphatic rings. The zero-order chi connectivity index (χ0) is 22.1. The fourth-order valence-electron chi connectivity index (χ4n) is 4.68. The summed E-state index contributed by atoms with van der Waals surface area (Å²) in [5.41, 5.74) is 2.74. The van der Waals surface area contributed by atoms with Crippen LogP contribution in [0.25, 0.3) is 11.0 Å². The Balaban J connectivity index is 1.16. The summed E-state index contributed by atoms with van der Waals surface area (Å²) in [6.45, 7) is 4.98. The summed E-state index contributed by atoms with van der Waals surface area (Å²) < 4.78 is 13.1. The van der Waals surface area contributed by atoms with E-state index >= 15 is 0 Å². The molecule has 0 aliphatic carbocycles. The lowest BCUT2D eigenvalue weighted by Gasteiger charge is -2.32. The molecule has 0 spiro atoms. The molecule has 2 N–H and O–H groups in total. The molecule has 1 atom stereocenters. The van der Waals surface area contributed by atoms with E-state index < -0.39 is 0 Å². The van der Waals surface area contributed by atoms with Crippen LogP contribution in [0.3, 0.4) is 0 Å². The average molecular weight is 437 g/mol. The summed E-state index contributed by atoms with van der Waals surface area (Å²) >= 11 is 0. The number of benzene rings is 2. The second-order valence-corrected chi connectivity index (χ2v) is 8.52. The molecular weight excluding hydrogens is 408 g/mol. The van der Waals surface area contributed by atoms with Crippen molar-refractivity contribution in [3.05, 3.63) is 58.5 Å². The zero-order valence-electron chi connectivity index (χ0n) is 18.2. The standard InChI is InChI=1S/C24H28N4O4/c1-16(17-6-7-21-22(14-17)32-13-12-31-21)25-23(29)15-27-10-8-18(9-11-27)28-20-5-3-2-4-19(20)26-24(28)30/h2-7,14,16,18H,8-13,15H2,1H3,(H,25,29)(H,26,30)/t16-/m1/s1. The highest BCUT2D eigenvalue weighted by Gasteiger charge is 2.25. The molecule has 1 amide bonds. The van der Waals surface area contributed by atoms with Gasteiger partial charge in [0, 0.05) is 19.1 Å². The number of piperidine rings is 1. The molecule has 2 aromatic carbocycles. The Kier molecular flexibility index (Phi) is 5.61. The number of carbonyl (C=O) groups excluding carboxylic acids is 1. The largest absolute Gasteiger partial charge is 0.486 e. The maximum Gasteiger partial charge on any atom is 0.326 e. The van der Waals surface area contributed by atoms with Crippen LogP contribution in [-0.2, 0) is 4.79 Å². The van der Waals surface area contributed by atoms with E-state index in [4.69, 9.17) is 9.47 Å². The normalized spacial score (nSPS) is 17.9. The van der Waals surface area contributed by atoms with Crippen LogP contribution in [0, 0.1) is 0 Å². The summed E-state index contributed by atoms with van der Waals surface area (Å²) in [6.07, 6.45) is 1.68. The van der Waals surface area contributed by atoms with Crippen molar-refractivity contribution < 1.29 is 14.3 Å². The van der Waals surface area contributed by atoms with Crippen molar-refractivity contribution in [3.8, 4) is 11.5 Å². The van der Waals surface area contributed by atoms with Gasteiger partial charge in [-0.2, -0.15) is 0 Å². The number of H-pyrrole nitrogens is 1. The highest BCUT2D eigenvalue weighted by atomic mass is 16.6. The van der Waals surface area contributed by atoms with Crippen molar-refractivity contribution in [1.82, 2.24) is 19.8 Å². The number of aromatic nitrogens is 2. The number of para-hydroxylation sites is 2. The molecule has 3 heterocycles. The SMILES string of the molecule is C[C@@H](NC(=O)CN1CCC(n2c(=O)[nH]c3ccccc32)CC1)c1ccc2c(c1)OCCO2. The molecule has 2 aliphatic heterocycles. The molecule has 8 heteroatoms. The number of imidazole rings is 1. The minimum Gasteiger partial charge on any atom is -0.486 e. The average Bonchev–Trinajstić information content (AvgIpc) is 3.15. The zero-order valence-corrected chi connectivity index (χ0v) is 18.2. The molecule has 8 nitrogen and oxygen atoms in total. The fourth-order valence-corrected chi connectivity index (χ4v) is 4.68. The molecular formula is C24H28N4O4. The number of nitrogens with zero attached hydrogens (tertiary/aromatic N) is 2. The Bertz CT molecular complexity index is 1180. The van der Waals surface area contributed by atoms with E-state index in [1.54, 1.807) is 0 Å². The third kappa shape index (κ3) is 4.10. The first-order chi connectivity index (χ1) is 15.6. The highest BCUT2D eigenvalue weighted by molar-refractivity contribution is 5.78. The predicted octanol–water partition coefficient (Wildman–Crippen LogP) is 2.62. The van der Waals surface area contributed by atoms with E-state index in [9.17, 15) is 9.59 Å². The number of carbonyl (C=O) groups is 1. The van der Waals surface area contributed by atoms with Crippen molar-refractivity contribution in [2.45, 2.75) is 31.8 Å². The van der Waals surface area contributed by atoms with E-state index in [1.165, 1.54) is 0 Å². The monoisotopic (exact) mass is 436 g/mol. The molecule has 168 valence electrons. The first-order valence-corrected chi connectivity index (χ1v) is 11.2. The van der Waals surface area contributed by atoms with Crippen LogP contribution in [0.2, 0.25) is 0 Å². The molecule has 0 bridgehead atoms. The molecule has 3 aromatic rings. The van der Waals surface area contributed by atoms with Gasteiger partial charge < -0.3 is 19.8 Å². The molecule has 32 heavy (non-hydrogen) atoms. The van der Waals surface area contributed by atoms with E-state index in [0.717, 1.165) is 54.0 Å². The molecule has 0 radical (unpaired) electrons. The van der Waals surface area contributed by atoms with Crippen molar-refractivity contribution in [3.63, 3.8) is 0 Å². The number of hydrogen-bond acceptors (Lipinski definition) is 5. The molecule has 1 fully saturated rings. The maximum absolute atomic E-state index is 12.7. The first kappa shape index (κ1) is 20.6. The lowest BCUT2D eigenvalue weighted by Crippen LogP contribution is -2.43. The van der Waals surface area contributed by atoms with Crippen LogP contribution in [0.15, 0.2) is 47.3 Å². The van der Waals surface area contributed by atoms with Gasteiger partial charge in [0.05, 0.1) is 23.6 Å². The van der Waals surface area contributed by atoms with Gasteiger partial charge in [-0.25, -0.2) is 4.79 Å². The van der Waals surface area contributed by atoms with Crippen molar-refractivity contribution >= 4 is 16.9 Å². The Morgan fingerprint density at radius 2 is 1.88 bits per heavy atom. The third-order valence-corrected chi connectivity index (χ3v) is 6.36. The summed E-state index contributed by atoms with van der Waals surface area (Å²) in [6, 6.07) is 13.6. The van der Waals surface area contributed by atoms with Gasteiger partial charge in [0.15, 0.2) is 11.5 Å². The smallest absolute Gasteiger partial charge is 0.326 e. The second-order valence-electron chi connectivity index (χ2n) is 8.52. The van der Waals surface area contributed by atoms with Crippen LogP contribution < -0.4 is 20.5 Å². The summed E-state index contributed by atoms with van der Waals surface area (Å²) in [5, 5.41) is 3.09. The van der Waals surface area contributed by atoms with Crippen molar-refractivity contribution in [2.75, 3.05) is 32.8 Å². The minimum atomic E-state index is -0.124. The molecule has 0 saturated carbocycles. The van der Waals surface area contributed by atoms with Gasteiger partial charge in [0.2, 0.25) is 5.91 Å². The Morgan fingerprint density at radius 1 is 1.12 bits per heavy atom. The number of likely N-dealkylation sites (tertiary alicyclic amines) is 1. The van der Waals surface area contributed by atoms with Gasteiger partial charge in [0.1, 0.15) is 13.2 Å². The third-order valence-electron chi connectivity index (χ3n) is 6.36. The Hall–Kier alpha value is -3.26. The van der Waals surface area contributed by atoms with Gasteiger partial charge in [-0.1, -0.05) is 18.2 Å². The summed E-state index contributed by atoms with van der Waals surface area (Å²) in [7, 11) is 0. The number of rotatable bonds is 5. The first-order valence-electron chi connectivity index (χ1n) is 11.2. The van der Waals surface area contributed by atoms with Gasteiger partial charge in [-0.05, 0) is 49.6 Å². The molecule has 0 unspecified atom stereocenters. The topological polar surface area (TPSA) is 88.6 Å². The highest BCUT2D eigenvalue weighted by Crippen LogP contribution is 2.32. The number of fused-ring (bicyclic) bond motifs is 2. The lowest BCUT2D eigenvalue weighted by molar-refractivity contribution is -0.123. The van der Waals surface area contributed by atoms with Gasteiger partial charge in [-0.15, -0.1) is 0 Å². The number of hydrogen-bond donors (Lipinski definition) is 2. The van der Waals surface area contributed by atoms with Crippen molar-refractivity contribution in [2.24, 2.45) is 0 Å². The summed E-state index contributed by atoms with van der Waals surface area (Å²) in [5.74, 6) is 1.47. The number of aromatic amines is 1. The predicted molar refractivity (Wildman–Crippen MR) is 121 cm³/mol. The fraction of sp³-hybridized carbons (Fsp3) is 0.417. The minimum absolute atomic E-state index is 0.00454. The second kappa shape index (κ2) is 8.70. The van der Waals surface area contributed by atoms with E-state index in [1.807, 2.05) is 54.0 Å². The van der Waals surface area contributed by atoms with Gasteiger partial charge in [-0.3, -0.25) is 14.3 Å². The summed E-state index contributed by atoms with van der Waals surface area (Å²) in [4.78, 5) is 30.2. The van der Waals surface area contributed by atoms with Crippen molar-refractivity contribution in [1.29, 1.82) is 0 Å². The van der Waals surface area contributed by atoms with Crippen LogP contribution in [-0.4, -0.2) is 53.2 Å². The van der Waals surface area contributed by atoms with E-state index in [2.05, 4.69) is 15.2 Å². The lowest BCUT2D eigenvalue weighted by atomic mass is 10.0. The van der Waals surface area contributed by atoms with Crippen LogP contribution in [0.4, 0.5) is 0 Å². The number of nitrogens with one attached hydrogen (secondary N) is 2. The Labute approximate surface area is 186 Å². The van der Waals surface area contributed by atoms with Crippen LogP contribution in [0.1, 0.15) is 37.4 Å². The quantitative estimate of drug-likeness (QED) is 0.642. The van der Waals surface area contributed by atoms with Crippen LogP contribution >= 0.6 is 0 Å². The van der Waals surface area contributed by atoms with Gasteiger partial charge in [0.25, 0.3) is 0 Å². The molecule has 1 saturated heterocycles. The van der Waals surface area contributed by atoms with Gasteiger partial charge >= 0.3 is 5.69 Å². The maximum atomic E-state index is 12.7. The number of ether oxygens (including phenoxy) is 2.